The van der Waals surface area contributed by atoms with Crippen LogP contribution in [0.2, 0.25) is 0 Å². The fourth-order valence-corrected chi connectivity index (χ4v) is 1.06. The molecule has 80 valence electrons. The van der Waals surface area contributed by atoms with Gasteiger partial charge < -0.3 is 0 Å². The first kappa shape index (κ1) is 11.4. The van der Waals surface area contributed by atoms with E-state index >= 15 is 0 Å². The zero-order valence-corrected chi connectivity index (χ0v) is 7.15. The van der Waals surface area contributed by atoms with Crippen molar-refractivity contribution in [2.75, 3.05) is 0 Å². The molecule has 6 heteroatoms. The lowest BCUT2D eigenvalue weighted by Crippen LogP contribution is -2.09. The van der Waals surface area contributed by atoms with Crippen LogP contribution in [0.5, 0.6) is 0 Å². The molecule has 0 aliphatic carbocycles. The maximum absolute atomic E-state index is 12.3. The Morgan fingerprint density at radius 3 is 2.20 bits per heavy atom. The van der Waals surface area contributed by atoms with Gasteiger partial charge in [-0.15, -0.1) is 0 Å². The summed E-state index contributed by atoms with van der Waals surface area (Å²) in [5.41, 5.74) is -2.87. The van der Waals surface area contributed by atoms with Gasteiger partial charge >= 0.3 is 6.18 Å². The highest BCUT2D eigenvalue weighted by Gasteiger charge is 2.35. The molecule has 0 unspecified atom stereocenters. The summed E-state index contributed by atoms with van der Waals surface area (Å²) in [5, 5.41) is 8.35. The van der Waals surface area contributed by atoms with Gasteiger partial charge in [-0.3, -0.25) is 0 Å². The summed E-state index contributed by atoms with van der Waals surface area (Å²) >= 11 is 0. The number of rotatable bonds is 1. The predicted molar refractivity (Wildman–Crippen MR) is 41.1 cm³/mol. The lowest BCUT2D eigenvalue weighted by molar-refractivity contribution is -0.139. The minimum absolute atomic E-state index is 0.299. The van der Waals surface area contributed by atoms with Crippen molar-refractivity contribution in [1.82, 2.24) is 0 Å². The molecule has 0 aliphatic rings. The first-order valence-electron chi connectivity index (χ1n) is 3.75. The summed E-state index contributed by atoms with van der Waals surface area (Å²) in [5.74, 6) is 0. The molecule has 0 aliphatic heterocycles. The molecule has 1 aromatic carbocycles. The van der Waals surface area contributed by atoms with Crippen LogP contribution in [0.25, 0.3) is 0 Å². The molecule has 0 spiro atoms. The Morgan fingerprint density at radius 1 is 1.20 bits per heavy atom. The van der Waals surface area contributed by atoms with Gasteiger partial charge in [0.1, 0.15) is 0 Å². The van der Waals surface area contributed by atoms with E-state index in [1.165, 1.54) is 6.07 Å². The molecular formula is C9H4F5N. The Kier molecular flexibility index (Phi) is 2.93. The van der Waals surface area contributed by atoms with Gasteiger partial charge in [0, 0.05) is 5.56 Å². The van der Waals surface area contributed by atoms with Crippen molar-refractivity contribution < 1.29 is 22.0 Å². The van der Waals surface area contributed by atoms with Crippen LogP contribution < -0.4 is 0 Å². The summed E-state index contributed by atoms with van der Waals surface area (Å²) in [6.07, 6.45) is -8.09. The first-order chi connectivity index (χ1) is 6.86. The van der Waals surface area contributed by atoms with Gasteiger partial charge in [0.2, 0.25) is 0 Å². The van der Waals surface area contributed by atoms with Crippen LogP contribution in [-0.4, -0.2) is 0 Å². The molecule has 0 aromatic heterocycles. The summed E-state index contributed by atoms with van der Waals surface area (Å²) in [7, 11) is 0. The van der Waals surface area contributed by atoms with Crippen molar-refractivity contribution in [2.24, 2.45) is 0 Å². The van der Waals surface area contributed by atoms with Crippen molar-refractivity contribution in [2.45, 2.75) is 12.6 Å². The Morgan fingerprint density at radius 2 is 1.80 bits per heavy atom. The Bertz CT molecular complexity index is 402. The summed E-state index contributed by atoms with van der Waals surface area (Å²) in [6, 6.07) is 3.42. The third-order valence-corrected chi connectivity index (χ3v) is 1.72. The molecule has 1 aromatic rings. The van der Waals surface area contributed by atoms with Crippen molar-refractivity contribution in [3.05, 3.63) is 34.9 Å². The normalized spacial score (nSPS) is 11.5. The van der Waals surface area contributed by atoms with Gasteiger partial charge in [0.05, 0.1) is 17.2 Å². The van der Waals surface area contributed by atoms with E-state index < -0.39 is 23.7 Å². The molecule has 1 rings (SSSR count). The predicted octanol–water partition coefficient (Wildman–Crippen LogP) is 3.51. The number of hydrogen-bond acceptors (Lipinski definition) is 1. The van der Waals surface area contributed by atoms with Crippen LogP contribution in [0, 0.1) is 11.3 Å². The second-order valence-electron chi connectivity index (χ2n) is 2.71. The van der Waals surface area contributed by atoms with Crippen molar-refractivity contribution in [3.8, 4) is 6.07 Å². The van der Waals surface area contributed by atoms with Gasteiger partial charge in [-0.1, -0.05) is 6.07 Å². The molecule has 0 N–H and O–H groups in total. The maximum Gasteiger partial charge on any atom is 0.416 e. The number of halogens is 5. The third kappa shape index (κ3) is 2.43. The average molecular weight is 221 g/mol. The number of benzene rings is 1. The van der Waals surface area contributed by atoms with Crippen LogP contribution in [0.3, 0.4) is 0 Å². The van der Waals surface area contributed by atoms with E-state index in [2.05, 4.69) is 0 Å². The molecule has 0 heterocycles. The Balaban J connectivity index is 3.37. The van der Waals surface area contributed by atoms with E-state index in [-0.39, 0.29) is 5.56 Å². The van der Waals surface area contributed by atoms with E-state index in [0.717, 1.165) is 6.07 Å². The second kappa shape index (κ2) is 3.85. The van der Waals surface area contributed by atoms with E-state index in [9.17, 15) is 22.0 Å². The lowest BCUT2D eigenvalue weighted by Gasteiger charge is -2.12. The second-order valence-corrected chi connectivity index (χ2v) is 2.71. The fraction of sp³-hybridized carbons (Fsp3) is 0.222. The summed E-state index contributed by atoms with van der Waals surface area (Å²) < 4.78 is 61.3. The topological polar surface area (TPSA) is 23.8 Å². The van der Waals surface area contributed by atoms with E-state index in [1.807, 2.05) is 0 Å². The summed E-state index contributed by atoms with van der Waals surface area (Å²) in [4.78, 5) is 0. The molecule has 0 bridgehead atoms. The number of hydrogen-bond donors (Lipinski definition) is 0. The fourth-order valence-electron chi connectivity index (χ4n) is 1.06. The molecule has 0 radical (unpaired) electrons. The Labute approximate surface area is 81.7 Å². The largest absolute Gasteiger partial charge is 0.416 e. The zero-order valence-electron chi connectivity index (χ0n) is 7.15. The van der Waals surface area contributed by atoms with Gasteiger partial charge in [0.25, 0.3) is 6.43 Å². The zero-order chi connectivity index (χ0) is 11.6. The molecule has 0 atom stereocenters. The number of nitrogens with zero attached hydrogens (tertiary/aromatic N) is 1. The monoisotopic (exact) mass is 221 g/mol. The molecular weight excluding hydrogens is 217 g/mol. The third-order valence-electron chi connectivity index (χ3n) is 1.72. The summed E-state index contributed by atoms with van der Waals surface area (Å²) in [6.45, 7) is 0. The molecule has 15 heavy (non-hydrogen) atoms. The molecule has 0 saturated heterocycles. The van der Waals surface area contributed by atoms with Gasteiger partial charge in [-0.2, -0.15) is 18.4 Å². The minimum Gasteiger partial charge on any atom is -0.205 e. The molecule has 0 saturated carbocycles. The lowest BCUT2D eigenvalue weighted by atomic mass is 10.0. The van der Waals surface area contributed by atoms with Crippen molar-refractivity contribution >= 4 is 0 Å². The van der Waals surface area contributed by atoms with Gasteiger partial charge in [-0.25, -0.2) is 8.78 Å². The van der Waals surface area contributed by atoms with E-state index in [0.29, 0.717) is 12.1 Å². The smallest absolute Gasteiger partial charge is 0.205 e. The van der Waals surface area contributed by atoms with Crippen molar-refractivity contribution in [1.29, 1.82) is 5.26 Å². The van der Waals surface area contributed by atoms with Gasteiger partial charge in [-0.05, 0) is 12.1 Å². The van der Waals surface area contributed by atoms with E-state index in [4.69, 9.17) is 5.26 Å². The first-order valence-corrected chi connectivity index (χ1v) is 3.75. The van der Waals surface area contributed by atoms with Gasteiger partial charge in [0.15, 0.2) is 0 Å². The molecule has 0 fully saturated rings. The van der Waals surface area contributed by atoms with Crippen LogP contribution >= 0.6 is 0 Å². The highest BCUT2D eigenvalue weighted by molar-refractivity contribution is 5.40. The number of nitriles is 1. The van der Waals surface area contributed by atoms with Crippen LogP contribution in [0.1, 0.15) is 23.1 Å². The molecule has 0 amide bonds. The minimum atomic E-state index is -4.88. The standard InChI is InChI=1S/C9H4F5N/c10-8(11)6-2-1-5(4-15)3-7(6)9(12,13)14/h1-3,8H. The Hall–Kier alpha value is -1.64. The maximum atomic E-state index is 12.3. The highest BCUT2D eigenvalue weighted by atomic mass is 19.4. The quantitative estimate of drug-likeness (QED) is 0.665. The molecule has 1 nitrogen and oxygen atoms in total. The van der Waals surface area contributed by atoms with E-state index in [1.54, 1.807) is 0 Å². The van der Waals surface area contributed by atoms with Crippen LogP contribution in [-0.2, 0) is 6.18 Å². The SMILES string of the molecule is N#Cc1ccc(C(F)F)c(C(F)(F)F)c1. The van der Waals surface area contributed by atoms with Crippen LogP contribution in [0.15, 0.2) is 18.2 Å². The number of alkyl halides is 5. The van der Waals surface area contributed by atoms with Crippen LogP contribution in [0.4, 0.5) is 22.0 Å². The van der Waals surface area contributed by atoms with Crippen molar-refractivity contribution in [3.63, 3.8) is 0 Å². The average Bonchev–Trinajstić information content (AvgIpc) is 2.15. The highest BCUT2D eigenvalue weighted by Crippen LogP contribution is 2.36.